The molecule has 1 aliphatic heterocycles. The van der Waals surface area contributed by atoms with Crippen LogP contribution < -0.4 is 5.32 Å². The number of hydrogen-bond acceptors (Lipinski definition) is 2. The molecule has 124 valence electrons. The Morgan fingerprint density at radius 3 is 2.67 bits per heavy atom. The van der Waals surface area contributed by atoms with Gasteiger partial charge in [0.1, 0.15) is 0 Å². The molecule has 0 radical (unpaired) electrons. The van der Waals surface area contributed by atoms with Crippen molar-refractivity contribution in [2.45, 2.75) is 52.4 Å². The van der Waals surface area contributed by atoms with E-state index in [4.69, 9.17) is 4.74 Å². The van der Waals surface area contributed by atoms with Crippen molar-refractivity contribution >= 4 is 5.96 Å². The number of unbranched alkanes of at least 4 members (excludes halogenated alkanes) is 3. The van der Waals surface area contributed by atoms with Gasteiger partial charge in [0.25, 0.3) is 0 Å². The summed E-state index contributed by atoms with van der Waals surface area (Å²) in [7, 11) is 3.99. The van der Waals surface area contributed by atoms with Crippen molar-refractivity contribution in [2.24, 2.45) is 16.8 Å². The highest BCUT2D eigenvalue weighted by Gasteiger charge is 2.18. The highest BCUT2D eigenvalue weighted by molar-refractivity contribution is 5.79. The molecule has 1 N–H and O–H groups in total. The van der Waals surface area contributed by atoms with Crippen molar-refractivity contribution < 1.29 is 4.74 Å². The molecule has 1 atom stereocenters. The number of nitrogens with one attached hydrogen (secondary N) is 1. The zero-order valence-corrected chi connectivity index (χ0v) is 14.5. The SMILES string of the molecule is CN=C(NCCCCCCC(C)C)N(C)CC1CCOC1. The number of rotatable bonds is 9. The van der Waals surface area contributed by atoms with Crippen molar-refractivity contribution in [3.63, 3.8) is 0 Å². The van der Waals surface area contributed by atoms with Crippen molar-refractivity contribution in [1.29, 1.82) is 0 Å². The number of guanidine groups is 1. The Balaban J connectivity index is 2.07. The van der Waals surface area contributed by atoms with Crippen molar-refractivity contribution in [3.05, 3.63) is 0 Å². The molecular weight excluding hydrogens is 262 g/mol. The van der Waals surface area contributed by atoms with Crippen LogP contribution in [0.2, 0.25) is 0 Å². The minimum absolute atomic E-state index is 0.657. The van der Waals surface area contributed by atoms with Crippen LogP contribution in [0.1, 0.15) is 52.4 Å². The lowest BCUT2D eigenvalue weighted by Gasteiger charge is -2.24. The van der Waals surface area contributed by atoms with E-state index in [2.05, 4.69) is 36.1 Å². The van der Waals surface area contributed by atoms with Crippen LogP contribution >= 0.6 is 0 Å². The molecule has 1 saturated heterocycles. The van der Waals surface area contributed by atoms with Crippen molar-refractivity contribution in [2.75, 3.05) is 40.4 Å². The molecule has 4 heteroatoms. The fraction of sp³-hybridized carbons (Fsp3) is 0.941. The van der Waals surface area contributed by atoms with E-state index in [-0.39, 0.29) is 0 Å². The number of hydrogen-bond donors (Lipinski definition) is 1. The lowest BCUT2D eigenvalue weighted by Crippen LogP contribution is -2.41. The monoisotopic (exact) mass is 297 g/mol. The van der Waals surface area contributed by atoms with Gasteiger partial charge in [-0.3, -0.25) is 4.99 Å². The zero-order valence-electron chi connectivity index (χ0n) is 14.5. The highest BCUT2D eigenvalue weighted by atomic mass is 16.5. The van der Waals surface area contributed by atoms with E-state index in [0.717, 1.165) is 38.2 Å². The molecule has 4 nitrogen and oxygen atoms in total. The Morgan fingerprint density at radius 2 is 2.05 bits per heavy atom. The van der Waals surface area contributed by atoms with E-state index in [0.29, 0.717) is 5.92 Å². The molecular formula is C17H35N3O. The Hall–Kier alpha value is -0.770. The average Bonchev–Trinajstić information content (AvgIpc) is 2.94. The molecule has 0 spiro atoms. The second-order valence-electron chi connectivity index (χ2n) is 6.68. The van der Waals surface area contributed by atoms with Crippen LogP contribution in [0.15, 0.2) is 4.99 Å². The lowest BCUT2D eigenvalue weighted by atomic mass is 10.0. The molecule has 0 aromatic heterocycles. The zero-order chi connectivity index (χ0) is 15.5. The van der Waals surface area contributed by atoms with Crippen LogP contribution in [0.3, 0.4) is 0 Å². The molecule has 0 bridgehead atoms. The first-order chi connectivity index (χ1) is 10.1. The number of aliphatic imine (C=N–C) groups is 1. The third-order valence-corrected chi connectivity index (χ3v) is 4.12. The van der Waals surface area contributed by atoms with Crippen LogP contribution in [-0.2, 0) is 4.74 Å². The summed E-state index contributed by atoms with van der Waals surface area (Å²) in [6, 6.07) is 0. The summed E-state index contributed by atoms with van der Waals surface area (Å²) in [5.41, 5.74) is 0. The third kappa shape index (κ3) is 8.30. The van der Waals surface area contributed by atoms with E-state index in [9.17, 15) is 0 Å². The Labute approximate surface area is 131 Å². The summed E-state index contributed by atoms with van der Waals surface area (Å²) >= 11 is 0. The molecule has 1 fully saturated rings. The van der Waals surface area contributed by atoms with Crippen LogP contribution in [-0.4, -0.2) is 51.3 Å². The first kappa shape index (κ1) is 18.3. The van der Waals surface area contributed by atoms with E-state index in [1.165, 1.54) is 38.5 Å². The standard InChI is InChI=1S/C17H35N3O/c1-15(2)9-7-5-6-8-11-19-17(18-3)20(4)13-16-10-12-21-14-16/h15-16H,5-14H2,1-4H3,(H,18,19). The largest absolute Gasteiger partial charge is 0.381 e. The van der Waals surface area contributed by atoms with Crippen molar-refractivity contribution in [1.82, 2.24) is 10.2 Å². The molecule has 1 unspecified atom stereocenters. The maximum Gasteiger partial charge on any atom is 0.193 e. The van der Waals surface area contributed by atoms with Crippen LogP contribution in [0.4, 0.5) is 0 Å². The molecule has 1 aliphatic rings. The number of nitrogens with zero attached hydrogens (tertiary/aromatic N) is 2. The maximum absolute atomic E-state index is 5.44. The molecule has 1 heterocycles. The molecule has 0 aromatic carbocycles. The third-order valence-electron chi connectivity index (χ3n) is 4.12. The van der Waals surface area contributed by atoms with E-state index in [1.807, 2.05) is 7.05 Å². The summed E-state index contributed by atoms with van der Waals surface area (Å²) in [5, 5.41) is 3.48. The predicted octanol–water partition coefficient (Wildman–Crippen LogP) is 3.14. The second-order valence-corrected chi connectivity index (χ2v) is 6.68. The van der Waals surface area contributed by atoms with Gasteiger partial charge in [-0.05, 0) is 18.8 Å². The van der Waals surface area contributed by atoms with Gasteiger partial charge in [-0.25, -0.2) is 0 Å². The molecule has 0 aromatic rings. The summed E-state index contributed by atoms with van der Waals surface area (Å²) in [4.78, 5) is 6.61. The molecule has 1 rings (SSSR count). The normalized spacial score (nSPS) is 19.3. The van der Waals surface area contributed by atoms with Gasteiger partial charge in [-0.1, -0.05) is 39.5 Å². The van der Waals surface area contributed by atoms with Crippen molar-refractivity contribution in [3.8, 4) is 0 Å². The van der Waals surface area contributed by atoms with E-state index < -0.39 is 0 Å². The van der Waals surface area contributed by atoms with Gasteiger partial charge in [0.05, 0.1) is 6.61 Å². The molecule has 0 aliphatic carbocycles. The number of ether oxygens (including phenoxy) is 1. The van der Waals surface area contributed by atoms with Crippen LogP contribution in [0.5, 0.6) is 0 Å². The average molecular weight is 297 g/mol. The van der Waals surface area contributed by atoms with Gasteiger partial charge < -0.3 is 15.0 Å². The summed E-state index contributed by atoms with van der Waals surface area (Å²) in [5.74, 6) is 2.52. The van der Waals surface area contributed by atoms with Gasteiger partial charge in [0.15, 0.2) is 5.96 Å². The Kier molecular flexibility index (Phi) is 9.48. The molecule has 0 amide bonds. The Bertz CT molecular complexity index is 286. The van der Waals surface area contributed by atoms with Gasteiger partial charge in [-0.15, -0.1) is 0 Å². The molecule has 21 heavy (non-hydrogen) atoms. The predicted molar refractivity (Wildman–Crippen MR) is 90.8 cm³/mol. The van der Waals surface area contributed by atoms with E-state index >= 15 is 0 Å². The fourth-order valence-corrected chi connectivity index (χ4v) is 2.82. The van der Waals surface area contributed by atoms with Gasteiger partial charge in [0, 0.05) is 39.7 Å². The molecule has 0 saturated carbocycles. The topological polar surface area (TPSA) is 36.9 Å². The highest BCUT2D eigenvalue weighted by Crippen LogP contribution is 2.13. The smallest absolute Gasteiger partial charge is 0.193 e. The second kappa shape index (κ2) is 10.9. The van der Waals surface area contributed by atoms with Crippen LogP contribution in [0.25, 0.3) is 0 Å². The van der Waals surface area contributed by atoms with Gasteiger partial charge in [-0.2, -0.15) is 0 Å². The summed E-state index contributed by atoms with van der Waals surface area (Å²) in [6.07, 6.45) is 7.81. The van der Waals surface area contributed by atoms with Gasteiger partial charge in [0.2, 0.25) is 0 Å². The summed E-state index contributed by atoms with van der Waals surface area (Å²) < 4.78 is 5.44. The minimum atomic E-state index is 0.657. The van der Waals surface area contributed by atoms with Crippen LogP contribution in [0, 0.1) is 11.8 Å². The fourth-order valence-electron chi connectivity index (χ4n) is 2.82. The minimum Gasteiger partial charge on any atom is -0.381 e. The first-order valence-electron chi connectivity index (χ1n) is 8.63. The summed E-state index contributed by atoms with van der Waals surface area (Å²) in [6.45, 7) is 8.49. The lowest BCUT2D eigenvalue weighted by molar-refractivity contribution is 0.181. The quantitative estimate of drug-likeness (QED) is 0.403. The Morgan fingerprint density at radius 1 is 1.29 bits per heavy atom. The first-order valence-corrected chi connectivity index (χ1v) is 8.63. The van der Waals surface area contributed by atoms with Gasteiger partial charge >= 0.3 is 0 Å². The maximum atomic E-state index is 5.44. The van der Waals surface area contributed by atoms with E-state index in [1.54, 1.807) is 0 Å².